The Kier molecular flexibility index (Phi) is 9.93. The summed E-state index contributed by atoms with van der Waals surface area (Å²) in [5.41, 5.74) is 3.05. The molecule has 2 aliphatic rings. The van der Waals surface area contributed by atoms with Crippen LogP contribution in [0.1, 0.15) is 43.4 Å². The number of aryl methyl sites for hydroxylation is 1. The van der Waals surface area contributed by atoms with Gasteiger partial charge in [-0.15, -0.1) is 0 Å². The molecule has 10 nitrogen and oxygen atoms in total. The van der Waals surface area contributed by atoms with Crippen LogP contribution in [-0.4, -0.2) is 66.7 Å². The molecule has 0 saturated heterocycles. The van der Waals surface area contributed by atoms with Crippen molar-refractivity contribution in [3.05, 3.63) is 59.2 Å². The van der Waals surface area contributed by atoms with Crippen molar-refractivity contribution < 1.29 is 33.4 Å². The van der Waals surface area contributed by atoms with Crippen molar-refractivity contribution in [2.45, 2.75) is 64.2 Å². The van der Waals surface area contributed by atoms with Gasteiger partial charge in [-0.05, 0) is 36.0 Å². The molecule has 2 aliphatic heterocycles. The maximum Gasteiger partial charge on any atom is 0.250 e. The molecule has 4 amide bonds. The van der Waals surface area contributed by atoms with E-state index in [1.165, 1.54) is 11.0 Å². The first-order chi connectivity index (χ1) is 19.7. The number of nitrogens with one attached hydrogen (secondary N) is 3. The molecule has 11 heteroatoms. The van der Waals surface area contributed by atoms with Crippen LogP contribution in [-0.2, 0) is 43.3 Å². The molecule has 220 valence electrons. The number of halogens is 1. The van der Waals surface area contributed by atoms with Crippen molar-refractivity contribution in [2.75, 3.05) is 24.8 Å². The molecular weight excluding hydrogens is 531 g/mol. The molecule has 4 N–H and O–H groups in total. The highest BCUT2D eigenvalue weighted by atomic mass is 19.1. The first-order valence-electron chi connectivity index (χ1n) is 14.0. The van der Waals surface area contributed by atoms with Gasteiger partial charge in [0, 0.05) is 18.5 Å². The summed E-state index contributed by atoms with van der Waals surface area (Å²) >= 11 is 0. The molecule has 0 fully saturated rings. The van der Waals surface area contributed by atoms with Gasteiger partial charge in [-0.2, -0.15) is 0 Å². The van der Waals surface area contributed by atoms with E-state index in [-0.39, 0.29) is 37.3 Å². The summed E-state index contributed by atoms with van der Waals surface area (Å²) in [6.45, 7) is 2.48. The van der Waals surface area contributed by atoms with Crippen LogP contribution in [0.15, 0.2) is 42.5 Å². The number of nitrogens with zero attached hydrogens (tertiary/aromatic N) is 1. The third kappa shape index (κ3) is 6.84. The zero-order chi connectivity index (χ0) is 29.5. The van der Waals surface area contributed by atoms with E-state index in [0.717, 1.165) is 11.1 Å². The number of ether oxygens (including phenoxy) is 1. The minimum absolute atomic E-state index is 0.0651. The van der Waals surface area contributed by atoms with Crippen LogP contribution in [0.5, 0.6) is 5.75 Å². The summed E-state index contributed by atoms with van der Waals surface area (Å²) in [6, 6.07) is 9.76. The van der Waals surface area contributed by atoms with Crippen LogP contribution in [0.3, 0.4) is 0 Å². The number of anilines is 1. The number of carbonyl (C=O) groups excluding carboxylic acids is 4. The monoisotopic (exact) mass is 568 g/mol. The predicted octanol–water partition coefficient (Wildman–Crippen LogP) is 1.91. The van der Waals surface area contributed by atoms with Crippen LogP contribution in [0.25, 0.3) is 0 Å². The highest BCUT2D eigenvalue weighted by Crippen LogP contribution is 2.39. The molecule has 0 radical (unpaired) electrons. The Hall–Kier alpha value is -3.99. The number of para-hydroxylation sites is 2. The van der Waals surface area contributed by atoms with Crippen molar-refractivity contribution in [2.24, 2.45) is 5.92 Å². The van der Waals surface area contributed by atoms with Gasteiger partial charge in [-0.25, -0.2) is 4.39 Å². The lowest BCUT2D eigenvalue weighted by molar-refractivity contribution is -0.134. The Labute approximate surface area is 238 Å². The van der Waals surface area contributed by atoms with E-state index in [4.69, 9.17) is 4.74 Å². The summed E-state index contributed by atoms with van der Waals surface area (Å²) < 4.78 is 17.3. The number of phenolic OH excluding ortho intramolecular Hbond substituents is 1. The summed E-state index contributed by atoms with van der Waals surface area (Å²) in [5.74, 6) is -2.01. The molecule has 2 heterocycles. The van der Waals surface area contributed by atoms with Crippen LogP contribution >= 0.6 is 0 Å². The Morgan fingerprint density at radius 3 is 2.63 bits per heavy atom. The molecule has 0 saturated carbocycles. The van der Waals surface area contributed by atoms with Crippen LogP contribution in [0.4, 0.5) is 10.1 Å². The van der Waals surface area contributed by atoms with Crippen molar-refractivity contribution in [1.29, 1.82) is 0 Å². The number of hydrogen-bond acceptors (Lipinski definition) is 6. The SMILES string of the molecule is CC[C@H](C)[C@H](NC(=O)COCCF)C(=O)N[C@H]1CCc2cccc3c2N(C1=O)[C@H](C(=O)NCc1ccccc1O)C3. The molecule has 0 bridgehead atoms. The summed E-state index contributed by atoms with van der Waals surface area (Å²) in [6.07, 6.45) is 1.75. The smallest absolute Gasteiger partial charge is 0.250 e. The van der Waals surface area contributed by atoms with Gasteiger partial charge in [-0.1, -0.05) is 56.7 Å². The standard InChI is InChI=1S/C30H37FN4O6/c1-3-18(2)26(34-25(37)17-41-14-13-31)29(39)33-22-12-11-19-8-6-9-20-15-23(35(27(19)20)30(22)40)28(38)32-16-21-7-4-5-10-24(21)36/h4-10,18,22-23,26,36H,3,11-17H2,1-2H3,(H,32,38)(H,33,39)(H,34,37)/t18-,22-,23-,26-/m0/s1. The molecule has 0 spiro atoms. The second-order valence-corrected chi connectivity index (χ2v) is 10.5. The number of amides is 4. The van der Waals surface area contributed by atoms with Crippen molar-refractivity contribution in [3.63, 3.8) is 0 Å². The van der Waals surface area contributed by atoms with Crippen LogP contribution in [0.2, 0.25) is 0 Å². The molecule has 2 aromatic carbocycles. The van der Waals surface area contributed by atoms with Gasteiger partial charge >= 0.3 is 0 Å². The van der Waals surface area contributed by atoms with E-state index in [9.17, 15) is 28.7 Å². The summed E-state index contributed by atoms with van der Waals surface area (Å²) in [4.78, 5) is 54.6. The molecular formula is C30H37FN4O6. The Morgan fingerprint density at radius 1 is 1.15 bits per heavy atom. The summed E-state index contributed by atoms with van der Waals surface area (Å²) in [5, 5.41) is 18.4. The number of benzene rings is 2. The third-order valence-corrected chi connectivity index (χ3v) is 7.74. The molecule has 0 aromatic heterocycles. The molecule has 4 atom stereocenters. The fraction of sp³-hybridized carbons (Fsp3) is 0.467. The van der Waals surface area contributed by atoms with Crippen LogP contribution in [0, 0.1) is 5.92 Å². The Balaban J connectivity index is 1.51. The van der Waals surface area contributed by atoms with E-state index in [2.05, 4.69) is 16.0 Å². The number of rotatable bonds is 12. The Morgan fingerprint density at radius 2 is 1.90 bits per heavy atom. The van der Waals surface area contributed by atoms with Gasteiger partial charge in [0.1, 0.15) is 37.2 Å². The van der Waals surface area contributed by atoms with E-state index < -0.39 is 42.5 Å². The topological polar surface area (TPSA) is 137 Å². The second kappa shape index (κ2) is 13.6. The minimum atomic E-state index is -0.924. The fourth-order valence-electron chi connectivity index (χ4n) is 5.33. The highest BCUT2D eigenvalue weighted by Gasteiger charge is 2.44. The van der Waals surface area contributed by atoms with Gasteiger partial charge in [0.2, 0.25) is 23.6 Å². The van der Waals surface area contributed by atoms with Crippen molar-refractivity contribution in [1.82, 2.24) is 16.0 Å². The van der Waals surface area contributed by atoms with E-state index in [1.807, 2.05) is 32.0 Å². The van der Waals surface area contributed by atoms with Gasteiger partial charge in [0.25, 0.3) is 0 Å². The normalized spacial score (nSPS) is 19.1. The molecule has 41 heavy (non-hydrogen) atoms. The molecule has 0 unspecified atom stereocenters. The number of carbonyl (C=O) groups is 4. The van der Waals surface area contributed by atoms with Crippen molar-refractivity contribution >= 4 is 29.3 Å². The van der Waals surface area contributed by atoms with Gasteiger partial charge in [0.15, 0.2) is 0 Å². The average Bonchev–Trinajstić information content (AvgIpc) is 3.31. The van der Waals surface area contributed by atoms with Gasteiger partial charge < -0.3 is 25.8 Å². The third-order valence-electron chi connectivity index (χ3n) is 7.74. The first-order valence-corrected chi connectivity index (χ1v) is 14.0. The first kappa shape index (κ1) is 30.0. The highest BCUT2D eigenvalue weighted by molar-refractivity contribution is 6.08. The minimum Gasteiger partial charge on any atom is -0.508 e. The van der Waals surface area contributed by atoms with Gasteiger partial charge in [0.05, 0.1) is 12.3 Å². The maximum atomic E-state index is 14.0. The molecule has 2 aromatic rings. The lowest BCUT2D eigenvalue weighted by Crippen LogP contribution is -2.58. The van der Waals surface area contributed by atoms with Gasteiger partial charge in [-0.3, -0.25) is 24.1 Å². The van der Waals surface area contributed by atoms with E-state index in [1.54, 1.807) is 18.2 Å². The number of phenols is 1. The molecule has 4 rings (SSSR count). The number of hydrogen-bond donors (Lipinski definition) is 4. The van der Waals surface area contributed by atoms with Crippen LogP contribution < -0.4 is 20.9 Å². The summed E-state index contributed by atoms with van der Waals surface area (Å²) in [7, 11) is 0. The lowest BCUT2D eigenvalue weighted by Gasteiger charge is -2.30. The second-order valence-electron chi connectivity index (χ2n) is 10.5. The zero-order valence-electron chi connectivity index (χ0n) is 23.3. The van der Waals surface area contributed by atoms with E-state index >= 15 is 0 Å². The van der Waals surface area contributed by atoms with Crippen molar-refractivity contribution in [3.8, 4) is 5.75 Å². The number of aromatic hydroxyl groups is 1. The quantitative estimate of drug-likeness (QED) is 0.289. The van der Waals surface area contributed by atoms with E-state index in [0.29, 0.717) is 36.9 Å². The Bertz CT molecular complexity index is 1290. The fourth-order valence-corrected chi connectivity index (χ4v) is 5.33. The lowest BCUT2D eigenvalue weighted by atomic mass is 9.97. The largest absolute Gasteiger partial charge is 0.508 e. The predicted molar refractivity (Wildman–Crippen MR) is 150 cm³/mol. The number of alkyl halides is 1. The maximum absolute atomic E-state index is 14.0. The zero-order valence-corrected chi connectivity index (χ0v) is 23.3. The molecule has 0 aliphatic carbocycles. The average molecular weight is 569 g/mol.